The Morgan fingerprint density at radius 2 is 1.73 bits per heavy atom. The summed E-state index contributed by atoms with van der Waals surface area (Å²) in [5, 5.41) is 0. The molecular weight excluding hydrogens is 298 g/mol. The maximum atomic E-state index is 12.8. The van der Waals surface area contributed by atoms with Gasteiger partial charge < -0.3 is 0 Å². The van der Waals surface area contributed by atoms with Crippen LogP contribution in [0.1, 0.15) is 48.0 Å². The second-order valence-corrected chi connectivity index (χ2v) is 11.3. The first kappa shape index (κ1) is 16.4. The fourth-order valence-corrected chi connectivity index (χ4v) is 8.17. The van der Waals surface area contributed by atoms with Crippen molar-refractivity contribution in [3.63, 3.8) is 0 Å². The van der Waals surface area contributed by atoms with E-state index in [4.69, 9.17) is 0 Å². The number of Topliss-reactive ketones (excluding diaryl/α,β-unsaturated/α-hetero) is 1. The van der Waals surface area contributed by atoms with Crippen molar-refractivity contribution < 1.29 is 13.2 Å². The van der Waals surface area contributed by atoms with Crippen LogP contribution in [-0.2, 0) is 14.6 Å². The minimum Gasteiger partial charge on any atom is -0.297 e. The highest BCUT2D eigenvalue weighted by molar-refractivity contribution is 7.92. The lowest BCUT2D eigenvalue weighted by molar-refractivity contribution is -0.130. The molecule has 0 N–H and O–H groups in total. The van der Waals surface area contributed by atoms with Crippen LogP contribution in [0.3, 0.4) is 0 Å². The van der Waals surface area contributed by atoms with E-state index in [1.807, 2.05) is 20.8 Å². The number of sulfone groups is 1. The van der Waals surface area contributed by atoms with Crippen LogP contribution in [0.4, 0.5) is 0 Å². The van der Waals surface area contributed by atoms with Gasteiger partial charge in [0.25, 0.3) is 0 Å². The predicted octanol–water partition coefficient (Wildman–Crippen LogP) is 2.14. The average molecular weight is 327 g/mol. The van der Waals surface area contributed by atoms with Gasteiger partial charge in [0.2, 0.25) is 0 Å². The summed E-state index contributed by atoms with van der Waals surface area (Å²) < 4.78 is 23.6. The minimum absolute atomic E-state index is 0.00685. The molecule has 22 heavy (non-hydrogen) atoms. The number of carbonyl (C=O) groups excluding carboxylic acids is 1. The zero-order chi connectivity index (χ0) is 16.8. The molecule has 3 fully saturated rings. The minimum atomic E-state index is -2.85. The first-order valence-electron chi connectivity index (χ1n) is 8.32. The van der Waals surface area contributed by atoms with Crippen LogP contribution in [0, 0.1) is 21.7 Å². The summed E-state index contributed by atoms with van der Waals surface area (Å²) in [6.07, 6.45) is 0.833. The molecule has 0 bridgehead atoms. The van der Waals surface area contributed by atoms with Crippen molar-refractivity contribution in [2.75, 3.05) is 24.6 Å². The summed E-state index contributed by atoms with van der Waals surface area (Å²) in [6, 6.07) is -0.0491. The Bertz CT molecular complexity index is 617. The molecule has 0 amide bonds. The molecule has 3 rings (SSSR count). The third-order valence-corrected chi connectivity index (χ3v) is 8.95. The molecule has 4 nitrogen and oxygen atoms in total. The molecule has 2 heterocycles. The molecule has 1 unspecified atom stereocenters. The van der Waals surface area contributed by atoms with Gasteiger partial charge in [0.15, 0.2) is 15.6 Å². The number of nitrogens with zero attached hydrogens (tertiary/aromatic N) is 1. The smallest absolute Gasteiger partial charge is 0.155 e. The quantitative estimate of drug-likeness (QED) is 0.780. The molecule has 2 aliphatic heterocycles. The zero-order valence-electron chi connectivity index (χ0n) is 14.7. The van der Waals surface area contributed by atoms with E-state index in [9.17, 15) is 13.2 Å². The van der Waals surface area contributed by atoms with Crippen LogP contribution < -0.4 is 0 Å². The number of hydrogen-bond acceptors (Lipinski definition) is 4. The van der Waals surface area contributed by atoms with Gasteiger partial charge in [-0.3, -0.25) is 9.69 Å². The molecule has 1 saturated carbocycles. The van der Waals surface area contributed by atoms with Crippen LogP contribution in [0.25, 0.3) is 0 Å². The van der Waals surface area contributed by atoms with Gasteiger partial charge in [-0.15, -0.1) is 0 Å². The second kappa shape index (κ2) is 4.15. The third-order valence-electron chi connectivity index (χ3n) is 7.08. The molecule has 0 radical (unpaired) electrons. The van der Waals surface area contributed by atoms with Crippen LogP contribution in [-0.4, -0.2) is 49.7 Å². The predicted molar refractivity (Wildman–Crippen MR) is 87.4 cm³/mol. The van der Waals surface area contributed by atoms with Crippen LogP contribution in [0.2, 0.25) is 0 Å². The van der Waals surface area contributed by atoms with Crippen molar-refractivity contribution in [2.45, 2.75) is 54.0 Å². The summed E-state index contributed by atoms with van der Waals surface area (Å²) in [4.78, 5) is 15.1. The molecule has 3 aliphatic rings. The Labute approximate surface area is 134 Å². The number of rotatable bonds is 2. The topological polar surface area (TPSA) is 54.5 Å². The number of fused-ring (bicyclic) bond motifs is 1. The van der Waals surface area contributed by atoms with Gasteiger partial charge in [0.05, 0.1) is 17.5 Å². The zero-order valence-corrected chi connectivity index (χ0v) is 15.5. The van der Waals surface area contributed by atoms with Gasteiger partial charge in [-0.2, -0.15) is 0 Å². The van der Waals surface area contributed by atoms with Crippen molar-refractivity contribution in [3.8, 4) is 0 Å². The number of likely N-dealkylation sites (N-methyl/N-ethyl adjacent to an activating group) is 1. The lowest BCUT2D eigenvalue weighted by Crippen LogP contribution is -2.44. The summed E-state index contributed by atoms with van der Waals surface area (Å²) >= 11 is 0. The van der Waals surface area contributed by atoms with Crippen LogP contribution in [0.5, 0.6) is 0 Å². The van der Waals surface area contributed by atoms with Gasteiger partial charge in [0, 0.05) is 17.4 Å². The molecule has 5 heteroatoms. The number of likely N-dealkylation sites (tertiary alicyclic amines) is 1. The SMILES string of the molecule is CCN1CC2(C[C@H]1C(=O)C(C)(C)C)C(C)(C)C21CS(=O)(=O)C1. The molecule has 0 aromatic carbocycles. The molecule has 1 aliphatic carbocycles. The molecule has 2 spiro atoms. The van der Waals surface area contributed by atoms with E-state index in [1.165, 1.54) is 0 Å². The normalized spacial score (nSPS) is 38.2. The molecule has 2 atom stereocenters. The Hall–Kier alpha value is -0.420. The van der Waals surface area contributed by atoms with E-state index in [0.29, 0.717) is 17.3 Å². The standard InChI is InChI=1S/C17H29NO3S/c1-7-18-9-16(8-12(18)13(19)14(2,3)4)15(5,6)17(16)10-22(20,21)11-17/h12H,7-11H2,1-6H3/t12-,16?/m0/s1. The average Bonchev–Trinajstić information content (AvgIpc) is 2.68. The number of hydrogen-bond donors (Lipinski definition) is 0. The van der Waals surface area contributed by atoms with E-state index >= 15 is 0 Å². The largest absolute Gasteiger partial charge is 0.297 e. The van der Waals surface area contributed by atoms with E-state index in [-0.39, 0.29) is 27.7 Å². The molecule has 126 valence electrons. The summed E-state index contributed by atoms with van der Waals surface area (Å²) in [5.41, 5.74) is -0.404. The summed E-state index contributed by atoms with van der Waals surface area (Å²) in [5.74, 6) is 0.938. The number of carbonyl (C=O) groups is 1. The highest BCUT2D eigenvalue weighted by Crippen LogP contribution is 2.85. The lowest BCUT2D eigenvalue weighted by Gasteiger charge is -2.31. The van der Waals surface area contributed by atoms with Gasteiger partial charge in [-0.25, -0.2) is 8.42 Å². The van der Waals surface area contributed by atoms with E-state index in [1.54, 1.807) is 0 Å². The van der Waals surface area contributed by atoms with Crippen LogP contribution >= 0.6 is 0 Å². The third kappa shape index (κ3) is 1.73. The first-order chi connectivity index (χ1) is 9.84. The molecular formula is C17H29NO3S. The number of ketones is 1. The maximum absolute atomic E-state index is 12.8. The Kier molecular flexibility index (Phi) is 3.10. The molecule has 0 aromatic rings. The van der Waals surface area contributed by atoms with Crippen molar-refractivity contribution in [3.05, 3.63) is 0 Å². The van der Waals surface area contributed by atoms with Gasteiger partial charge >= 0.3 is 0 Å². The fourth-order valence-electron chi connectivity index (χ4n) is 5.48. The first-order valence-corrected chi connectivity index (χ1v) is 10.1. The second-order valence-electron chi connectivity index (χ2n) is 9.22. The van der Waals surface area contributed by atoms with Crippen molar-refractivity contribution in [1.82, 2.24) is 4.90 Å². The maximum Gasteiger partial charge on any atom is 0.155 e. The summed E-state index contributed by atoms with van der Waals surface area (Å²) in [6.45, 7) is 14.2. The summed E-state index contributed by atoms with van der Waals surface area (Å²) in [7, 11) is -2.85. The van der Waals surface area contributed by atoms with Gasteiger partial charge in [-0.05, 0) is 23.8 Å². The Morgan fingerprint density at radius 1 is 1.18 bits per heavy atom. The van der Waals surface area contributed by atoms with E-state index in [2.05, 4.69) is 25.7 Å². The highest BCUT2D eigenvalue weighted by Gasteiger charge is 2.88. The van der Waals surface area contributed by atoms with Gasteiger partial charge in [-0.1, -0.05) is 41.5 Å². The van der Waals surface area contributed by atoms with Crippen molar-refractivity contribution in [2.24, 2.45) is 21.7 Å². The lowest BCUT2D eigenvalue weighted by atomic mass is 9.82. The van der Waals surface area contributed by atoms with Crippen molar-refractivity contribution >= 4 is 15.6 Å². The monoisotopic (exact) mass is 327 g/mol. The molecule has 0 aromatic heterocycles. The Morgan fingerprint density at radius 3 is 2.14 bits per heavy atom. The van der Waals surface area contributed by atoms with Crippen LogP contribution in [0.15, 0.2) is 0 Å². The van der Waals surface area contributed by atoms with Crippen molar-refractivity contribution in [1.29, 1.82) is 0 Å². The van der Waals surface area contributed by atoms with E-state index in [0.717, 1.165) is 19.5 Å². The fraction of sp³-hybridized carbons (Fsp3) is 0.941. The molecule has 2 saturated heterocycles. The van der Waals surface area contributed by atoms with Gasteiger partial charge in [0.1, 0.15) is 0 Å². The Balaban J connectivity index is 1.91. The van der Waals surface area contributed by atoms with E-state index < -0.39 is 9.84 Å². The highest BCUT2D eigenvalue weighted by atomic mass is 32.2.